The van der Waals surface area contributed by atoms with E-state index in [4.69, 9.17) is 4.74 Å². The molecule has 3 aromatic carbocycles. The molecule has 3 N–H and O–H groups in total. The van der Waals surface area contributed by atoms with Gasteiger partial charge < -0.3 is 20.5 Å². The molecule has 1 unspecified atom stereocenters. The Bertz CT molecular complexity index is 1190. The summed E-state index contributed by atoms with van der Waals surface area (Å²) in [4.78, 5) is 35.9. The van der Waals surface area contributed by atoms with E-state index >= 15 is 0 Å². The minimum absolute atomic E-state index is 0.00273. The van der Waals surface area contributed by atoms with E-state index in [1.807, 2.05) is 31.2 Å². The molecule has 35 heavy (non-hydrogen) atoms. The first kappa shape index (κ1) is 24.0. The smallest absolute Gasteiger partial charge is 0.407 e. The number of fused-ring (bicyclic) bond motifs is 3. The van der Waals surface area contributed by atoms with Gasteiger partial charge in [0.15, 0.2) is 0 Å². The summed E-state index contributed by atoms with van der Waals surface area (Å²) in [6.45, 7) is 2.55. The Morgan fingerprint density at radius 1 is 0.914 bits per heavy atom. The van der Waals surface area contributed by atoms with Crippen molar-refractivity contribution in [2.75, 3.05) is 18.5 Å². The molecule has 1 atom stereocenters. The quantitative estimate of drug-likeness (QED) is 0.393. The highest BCUT2D eigenvalue weighted by molar-refractivity contribution is 6.00. The normalized spacial score (nSPS) is 12.8. The minimum Gasteiger partial charge on any atom is -0.478 e. The van der Waals surface area contributed by atoms with Gasteiger partial charge in [0.25, 0.3) is 0 Å². The zero-order valence-corrected chi connectivity index (χ0v) is 19.5. The number of carbonyl (C=O) groups is 3. The van der Waals surface area contributed by atoms with E-state index in [1.54, 1.807) is 18.2 Å². The minimum atomic E-state index is -1.10. The number of amides is 2. The molecule has 180 valence electrons. The molecule has 7 nitrogen and oxygen atoms in total. The molecular formula is C28H28N2O5. The molecule has 2 amide bonds. The Morgan fingerprint density at radius 2 is 1.51 bits per heavy atom. The van der Waals surface area contributed by atoms with Gasteiger partial charge in [0.1, 0.15) is 6.61 Å². The molecule has 3 aromatic rings. The largest absolute Gasteiger partial charge is 0.478 e. The number of anilines is 1. The summed E-state index contributed by atoms with van der Waals surface area (Å²) >= 11 is 0. The summed E-state index contributed by atoms with van der Waals surface area (Å²) in [5, 5.41) is 14.7. The average molecular weight is 473 g/mol. The number of alkyl carbamates (subject to hydrolysis) is 1. The standard InChI is InChI=1S/C28H28N2O5/c1-18(14-15-26(31)30-25-13-7-6-12-23(25)27(32)33)16-29-28(34)35-17-24-21-10-4-2-8-19(21)20-9-3-5-11-22(20)24/h2-13,18,24H,14-17H2,1H3,(H,29,34)(H,30,31)(H,32,33). The third-order valence-electron chi connectivity index (χ3n) is 6.23. The fraction of sp³-hybridized carbons (Fsp3) is 0.250. The molecule has 0 saturated carbocycles. The number of para-hydroxylation sites is 1. The van der Waals surface area contributed by atoms with Gasteiger partial charge in [0.05, 0.1) is 11.3 Å². The lowest BCUT2D eigenvalue weighted by molar-refractivity contribution is -0.116. The van der Waals surface area contributed by atoms with E-state index in [2.05, 4.69) is 34.9 Å². The Balaban J connectivity index is 1.22. The molecule has 1 aliphatic carbocycles. The van der Waals surface area contributed by atoms with Gasteiger partial charge >= 0.3 is 12.1 Å². The molecule has 0 aliphatic heterocycles. The van der Waals surface area contributed by atoms with Crippen molar-refractivity contribution >= 4 is 23.7 Å². The fourth-order valence-electron chi connectivity index (χ4n) is 4.38. The highest BCUT2D eigenvalue weighted by Gasteiger charge is 2.29. The lowest BCUT2D eigenvalue weighted by Crippen LogP contribution is -2.30. The lowest BCUT2D eigenvalue weighted by Gasteiger charge is -2.16. The maximum Gasteiger partial charge on any atom is 0.407 e. The predicted octanol–water partition coefficient (Wildman–Crippen LogP) is 5.28. The van der Waals surface area contributed by atoms with Gasteiger partial charge in [-0.3, -0.25) is 4.79 Å². The Kier molecular flexibility index (Phi) is 7.45. The van der Waals surface area contributed by atoms with Crippen LogP contribution in [0.4, 0.5) is 10.5 Å². The van der Waals surface area contributed by atoms with Crippen molar-refractivity contribution < 1.29 is 24.2 Å². The maximum atomic E-state index is 12.3. The summed E-state index contributed by atoms with van der Waals surface area (Å²) in [5.74, 6) is -1.33. The first-order valence-electron chi connectivity index (χ1n) is 11.6. The summed E-state index contributed by atoms with van der Waals surface area (Å²) in [6.07, 6.45) is 0.255. The highest BCUT2D eigenvalue weighted by Crippen LogP contribution is 2.44. The summed E-state index contributed by atoms with van der Waals surface area (Å²) in [6, 6.07) is 22.6. The van der Waals surface area contributed by atoms with Crippen LogP contribution in [0.15, 0.2) is 72.8 Å². The van der Waals surface area contributed by atoms with Gasteiger partial charge in [-0.25, -0.2) is 9.59 Å². The molecule has 0 heterocycles. The molecule has 0 spiro atoms. The van der Waals surface area contributed by atoms with Crippen LogP contribution in [0.25, 0.3) is 11.1 Å². The second-order valence-corrected chi connectivity index (χ2v) is 8.75. The molecule has 7 heteroatoms. The predicted molar refractivity (Wildman–Crippen MR) is 134 cm³/mol. The number of hydrogen-bond donors (Lipinski definition) is 3. The van der Waals surface area contributed by atoms with E-state index in [-0.39, 0.29) is 42.0 Å². The number of ether oxygens (including phenoxy) is 1. The van der Waals surface area contributed by atoms with E-state index in [0.29, 0.717) is 13.0 Å². The van der Waals surface area contributed by atoms with Crippen LogP contribution in [0, 0.1) is 5.92 Å². The van der Waals surface area contributed by atoms with E-state index in [0.717, 1.165) is 11.1 Å². The summed E-state index contributed by atoms with van der Waals surface area (Å²) in [5.41, 5.74) is 4.99. The fourth-order valence-corrected chi connectivity index (χ4v) is 4.38. The van der Waals surface area contributed by atoms with Gasteiger partial charge in [0.2, 0.25) is 5.91 Å². The molecule has 0 saturated heterocycles. The van der Waals surface area contributed by atoms with Gasteiger partial charge in [0, 0.05) is 18.9 Å². The van der Waals surface area contributed by atoms with Crippen LogP contribution in [0.1, 0.15) is 47.2 Å². The van der Waals surface area contributed by atoms with Crippen molar-refractivity contribution in [2.24, 2.45) is 5.92 Å². The third-order valence-corrected chi connectivity index (χ3v) is 6.23. The van der Waals surface area contributed by atoms with Crippen molar-refractivity contribution in [3.05, 3.63) is 89.5 Å². The average Bonchev–Trinajstić information content (AvgIpc) is 3.19. The Morgan fingerprint density at radius 3 is 2.17 bits per heavy atom. The number of carbonyl (C=O) groups excluding carboxylic acids is 2. The van der Waals surface area contributed by atoms with Crippen molar-refractivity contribution in [3.63, 3.8) is 0 Å². The van der Waals surface area contributed by atoms with E-state index < -0.39 is 12.1 Å². The first-order valence-corrected chi connectivity index (χ1v) is 11.6. The Hall–Kier alpha value is -4.13. The number of aromatic carboxylic acids is 1. The van der Waals surface area contributed by atoms with Crippen molar-refractivity contribution in [3.8, 4) is 11.1 Å². The Labute approximate surface area is 204 Å². The lowest BCUT2D eigenvalue weighted by atomic mass is 9.98. The number of hydrogen-bond acceptors (Lipinski definition) is 4. The van der Waals surface area contributed by atoms with E-state index in [9.17, 15) is 19.5 Å². The van der Waals surface area contributed by atoms with Crippen LogP contribution in [-0.4, -0.2) is 36.2 Å². The summed E-state index contributed by atoms with van der Waals surface area (Å²) in [7, 11) is 0. The number of carboxylic acid groups (broad SMARTS) is 1. The zero-order chi connectivity index (χ0) is 24.8. The van der Waals surface area contributed by atoms with Crippen LogP contribution in [0.5, 0.6) is 0 Å². The van der Waals surface area contributed by atoms with Crippen LogP contribution in [-0.2, 0) is 9.53 Å². The van der Waals surface area contributed by atoms with Crippen molar-refractivity contribution in [1.82, 2.24) is 5.32 Å². The monoisotopic (exact) mass is 472 g/mol. The summed E-state index contributed by atoms with van der Waals surface area (Å²) < 4.78 is 5.55. The van der Waals surface area contributed by atoms with Crippen LogP contribution in [0.2, 0.25) is 0 Å². The molecule has 0 bridgehead atoms. The van der Waals surface area contributed by atoms with Crippen molar-refractivity contribution in [2.45, 2.75) is 25.7 Å². The van der Waals surface area contributed by atoms with Crippen LogP contribution in [0.3, 0.4) is 0 Å². The molecule has 4 rings (SSSR count). The third kappa shape index (κ3) is 5.69. The van der Waals surface area contributed by atoms with Crippen LogP contribution < -0.4 is 10.6 Å². The highest BCUT2D eigenvalue weighted by atomic mass is 16.5. The van der Waals surface area contributed by atoms with Gasteiger partial charge in [-0.15, -0.1) is 0 Å². The van der Waals surface area contributed by atoms with Gasteiger partial charge in [-0.2, -0.15) is 0 Å². The van der Waals surface area contributed by atoms with Gasteiger partial charge in [-0.05, 0) is 46.7 Å². The second kappa shape index (κ2) is 10.9. The number of carboxylic acids is 1. The number of rotatable bonds is 9. The topological polar surface area (TPSA) is 105 Å². The second-order valence-electron chi connectivity index (χ2n) is 8.75. The SMILES string of the molecule is CC(CCC(=O)Nc1ccccc1C(=O)O)CNC(=O)OCC1c2ccccc2-c2ccccc21. The molecular weight excluding hydrogens is 444 g/mol. The number of nitrogens with one attached hydrogen (secondary N) is 2. The zero-order valence-electron chi connectivity index (χ0n) is 19.5. The maximum absolute atomic E-state index is 12.3. The van der Waals surface area contributed by atoms with Crippen LogP contribution >= 0.6 is 0 Å². The first-order chi connectivity index (χ1) is 16.9. The molecule has 0 aromatic heterocycles. The molecule has 0 fully saturated rings. The molecule has 1 aliphatic rings. The number of benzene rings is 3. The molecule has 0 radical (unpaired) electrons. The van der Waals surface area contributed by atoms with Crippen molar-refractivity contribution in [1.29, 1.82) is 0 Å². The van der Waals surface area contributed by atoms with E-state index in [1.165, 1.54) is 17.2 Å². The van der Waals surface area contributed by atoms with Gasteiger partial charge in [-0.1, -0.05) is 67.6 Å².